The van der Waals surface area contributed by atoms with Crippen molar-refractivity contribution >= 4 is 23.5 Å². The number of rotatable bonds is 13. The van der Waals surface area contributed by atoms with E-state index in [9.17, 15) is 19.5 Å². The van der Waals surface area contributed by atoms with Crippen molar-refractivity contribution in [1.29, 1.82) is 0 Å². The number of para-hydroxylation sites is 1. The number of aliphatic hydroxyl groups is 1. The Morgan fingerprint density at radius 1 is 1.22 bits per heavy atom. The molecule has 1 spiro atoms. The third-order valence-electron chi connectivity index (χ3n) is 9.31. The van der Waals surface area contributed by atoms with Crippen molar-refractivity contribution in [3.05, 3.63) is 54.6 Å². The number of amides is 2. The first kappa shape index (κ1) is 31.0. The molecule has 0 radical (unpaired) electrons. The Morgan fingerprint density at radius 2 is 1.90 bits per heavy atom. The standard InChI is InChI=1S/C33H46N2O6/c1-8-11-18-40-31(39)26-25-29(37)35(24(20-36)19-21(4)5)28(33(25)16-15-32(26,10-3)41-33)30(38)34(17-9-2)27-22(6)13-12-14-23(27)7/h8-9,12-14,21,24-26,28,36H,1-2,10-11,15-20H2,3-7H3/t24-,25+,26-,28?,32+,33?/m1/s1. The van der Waals surface area contributed by atoms with E-state index in [1.165, 1.54) is 0 Å². The molecule has 3 fully saturated rings. The Kier molecular flexibility index (Phi) is 9.14. The van der Waals surface area contributed by atoms with Crippen LogP contribution in [-0.4, -0.2) is 70.8 Å². The Morgan fingerprint density at radius 3 is 2.46 bits per heavy atom. The van der Waals surface area contributed by atoms with Crippen molar-refractivity contribution in [2.75, 3.05) is 24.7 Å². The summed E-state index contributed by atoms with van der Waals surface area (Å²) in [7, 11) is 0. The number of anilines is 1. The quantitative estimate of drug-likeness (QED) is 0.215. The third-order valence-corrected chi connectivity index (χ3v) is 9.31. The molecule has 2 bridgehead atoms. The second-order valence-corrected chi connectivity index (χ2v) is 12.3. The van der Waals surface area contributed by atoms with Crippen molar-refractivity contribution in [3.8, 4) is 0 Å². The molecule has 8 nitrogen and oxygen atoms in total. The van der Waals surface area contributed by atoms with Crippen LogP contribution >= 0.6 is 0 Å². The fourth-order valence-electron chi connectivity index (χ4n) is 7.64. The highest BCUT2D eigenvalue weighted by Gasteiger charge is 2.79. The maximum atomic E-state index is 14.9. The molecule has 0 aliphatic carbocycles. The van der Waals surface area contributed by atoms with E-state index >= 15 is 0 Å². The summed E-state index contributed by atoms with van der Waals surface area (Å²) in [6.45, 7) is 17.6. The second-order valence-electron chi connectivity index (χ2n) is 12.3. The van der Waals surface area contributed by atoms with E-state index in [1.807, 2.05) is 52.8 Å². The van der Waals surface area contributed by atoms with Gasteiger partial charge >= 0.3 is 5.97 Å². The number of likely N-dealkylation sites (tertiary alicyclic amines) is 1. The minimum Gasteiger partial charge on any atom is -0.465 e. The van der Waals surface area contributed by atoms with E-state index in [1.54, 1.807) is 22.0 Å². The lowest BCUT2D eigenvalue weighted by atomic mass is 9.65. The number of carbonyl (C=O) groups is 3. The van der Waals surface area contributed by atoms with Crippen LogP contribution in [0.3, 0.4) is 0 Å². The number of ether oxygens (including phenoxy) is 2. The predicted octanol–water partition coefficient (Wildman–Crippen LogP) is 4.50. The fraction of sp³-hybridized carbons (Fsp3) is 0.606. The average molecular weight is 567 g/mol. The average Bonchev–Trinajstić information content (AvgIpc) is 3.54. The summed E-state index contributed by atoms with van der Waals surface area (Å²) in [4.78, 5) is 46.3. The van der Waals surface area contributed by atoms with Crippen molar-refractivity contribution in [3.63, 3.8) is 0 Å². The number of aryl methyl sites for hydroxylation is 2. The van der Waals surface area contributed by atoms with Crippen LogP contribution in [0, 0.1) is 31.6 Å². The highest BCUT2D eigenvalue weighted by Crippen LogP contribution is 2.65. The molecule has 2 amide bonds. The topological polar surface area (TPSA) is 96.4 Å². The second kappa shape index (κ2) is 12.1. The molecule has 1 aromatic rings. The molecule has 3 heterocycles. The van der Waals surface area contributed by atoms with E-state index in [-0.39, 0.29) is 37.5 Å². The van der Waals surface area contributed by atoms with Crippen LogP contribution in [0.1, 0.15) is 64.0 Å². The number of aliphatic hydroxyl groups excluding tert-OH is 1. The fourth-order valence-corrected chi connectivity index (χ4v) is 7.64. The van der Waals surface area contributed by atoms with Crippen molar-refractivity contribution < 1.29 is 29.0 Å². The minimum atomic E-state index is -1.20. The summed E-state index contributed by atoms with van der Waals surface area (Å²) in [6.07, 6.45) is 5.90. The number of hydrogen-bond acceptors (Lipinski definition) is 6. The van der Waals surface area contributed by atoms with E-state index in [0.717, 1.165) is 16.8 Å². The molecule has 1 N–H and O–H groups in total. The molecular weight excluding hydrogens is 520 g/mol. The van der Waals surface area contributed by atoms with Crippen molar-refractivity contribution in [1.82, 2.24) is 4.90 Å². The molecule has 3 aliphatic heterocycles. The number of carbonyl (C=O) groups excluding carboxylic acids is 3. The number of fused-ring (bicyclic) bond motifs is 1. The van der Waals surface area contributed by atoms with Gasteiger partial charge in [-0.05, 0) is 63.0 Å². The van der Waals surface area contributed by atoms with Crippen LogP contribution in [0.25, 0.3) is 0 Å². The molecule has 4 rings (SSSR count). The van der Waals surface area contributed by atoms with Gasteiger partial charge < -0.3 is 24.4 Å². The maximum absolute atomic E-state index is 14.9. The number of nitrogens with zero attached hydrogens (tertiary/aromatic N) is 2. The highest BCUT2D eigenvalue weighted by molar-refractivity contribution is 6.05. The SMILES string of the molecule is C=CCCOC(=O)[C@H]1[C@H]2C(=O)N([C@@H](CO)CC(C)C)C(C(=O)N(CC=C)c3c(C)cccc3C)C23CC[C@]1(CC)O3. The van der Waals surface area contributed by atoms with Crippen LogP contribution in [0.15, 0.2) is 43.5 Å². The molecule has 0 aromatic heterocycles. The van der Waals surface area contributed by atoms with Gasteiger partial charge in [-0.1, -0.05) is 51.1 Å². The monoisotopic (exact) mass is 566 g/mol. The minimum absolute atomic E-state index is 0.162. The third kappa shape index (κ3) is 5.03. The van der Waals surface area contributed by atoms with Crippen LogP contribution in [0.5, 0.6) is 0 Å². The first-order valence-corrected chi connectivity index (χ1v) is 14.9. The number of hydrogen-bond donors (Lipinski definition) is 1. The molecule has 224 valence electrons. The van der Waals surface area contributed by atoms with Gasteiger partial charge in [-0.2, -0.15) is 0 Å². The molecule has 8 heteroatoms. The zero-order valence-electron chi connectivity index (χ0n) is 25.2. The Balaban J connectivity index is 1.88. The summed E-state index contributed by atoms with van der Waals surface area (Å²) in [5.74, 6) is -2.60. The van der Waals surface area contributed by atoms with E-state index in [4.69, 9.17) is 9.47 Å². The van der Waals surface area contributed by atoms with Crippen LogP contribution in [0.2, 0.25) is 0 Å². The number of esters is 1. The van der Waals surface area contributed by atoms with E-state index < -0.39 is 41.1 Å². The Bertz CT molecular complexity index is 1180. The van der Waals surface area contributed by atoms with Crippen LogP contribution < -0.4 is 4.90 Å². The van der Waals surface area contributed by atoms with Gasteiger partial charge in [-0.3, -0.25) is 14.4 Å². The van der Waals surface area contributed by atoms with Gasteiger partial charge in [0.1, 0.15) is 17.6 Å². The maximum Gasteiger partial charge on any atom is 0.312 e. The summed E-state index contributed by atoms with van der Waals surface area (Å²) in [5, 5.41) is 10.6. The van der Waals surface area contributed by atoms with E-state index in [2.05, 4.69) is 13.2 Å². The van der Waals surface area contributed by atoms with Gasteiger partial charge in [-0.25, -0.2) is 0 Å². The normalized spacial score (nSPS) is 29.0. The Labute approximate surface area is 244 Å². The molecule has 6 atom stereocenters. The molecule has 2 unspecified atom stereocenters. The van der Waals surface area contributed by atoms with Crippen molar-refractivity contribution in [2.45, 2.75) is 90.0 Å². The van der Waals surface area contributed by atoms with Crippen LogP contribution in [-0.2, 0) is 23.9 Å². The zero-order chi connectivity index (χ0) is 30.1. The smallest absolute Gasteiger partial charge is 0.312 e. The summed E-state index contributed by atoms with van der Waals surface area (Å²) >= 11 is 0. The number of benzene rings is 1. The molecule has 3 saturated heterocycles. The summed E-state index contributed by atoms with van der Waals surface area (Å²) in [5.41, 5.74) is 0.539. The van der Waals surface area contributed by atoms with E-state index in [0.29, 0.717) is 32.1 Å². The molecule has 0 saturated carbocycles. The zero-order valence-corrected chi connectivity index (χ0v) is 25.2. The predicted molar refractivity (Wildman–Crippen MR) is 158 cm³/mol. The lowest BCUT2D eigenvalue weighted by molar-refractivity contribution is -0.162. The summed E-state index contributed by atoms with van der Waals surface area (Å²) < 4.78 is 12.5. The summed E-state index contributed by atoms with van der Waals surface area (Å²) in [6, 6.07) is 4.26. The van der Waals surface area contributed by atoms with Gasteiger partial charge in [0.15, 0.2) is 0 Å². The molecular formula is C33H46N2O6. The van der Waals surface area contributed by atoms with Crippen molar-refractivity contribution in [2.24, 2.45) is 17.8 Å². The van der Waals surface area contributed by atoms with Gasteiger partial charge in [0, 0.05) is 12.2 Å². The lowest BCUT2D eigenvalue weighted by Gasteiger charge is -2.40. The molecule has 41 heavy (non-hydrogen) atoms. The Hall–Kier alpha value is -2.97. The first-order valence-electron chi connectivity index (χ1n) is 14.9. The largest absolute Gasteiger partial charge is 0.465 e. The van der Waals surface area contributed by atoms with Gasteiger partial charge in [0.2, 0.25) is 5.91 Å². The van der Waals surface area contributed by atoms with Gasteiger partial charge in [0.05, 0.1) is 30.8 Å². The lowest BCUT2D eigenvalue weighted by Crippen LogP contribution is -2.59. The van der Waals surface area contributed by atoms with Gasteiger partial charge in [0.25, 0.3) is 5.91 Å². The van der Waals surface area contributed by atoms with Gasteiger partial charge in [-0.15, -0.1) is 13.2 Å². The van der Waals surface area contributed by atoms with Crippen LogP contribution in [0.4, 0.5) is 5.69 Å². The first-order chi connectivity index (χ1) is 19.5. The molecule has 3 aliphatic rings. The highest BCUT2D eigenvalue weighted by atomic mass is 16.6. The molecule has 1 aromatic carbocycles.